The number of fused-ring (bicyclic) bond motifs is 3. The molecule has 1 aromatic carbocycles. The molecule has 3 heterocycles. The Morgan fingerprint density at radius 2 is 1.84 bits per heavy atom. The van der Waals surface area contributed by atoms with E-state index in [1.165, 1.54) is 6.42 Å². The van der Waals surface area contributed by atoms with Crippen LogP contribution >= 0.6 is 0 Å². The third-order valence-corrected chi connectivity index (χ3v) is 11.1. The van der Waals surface area contributed by atoms with Gasteiger partial charge in [-0.3, -0.25) is 4.79 Å². The van der Waals surface area contributed by atoms with E-state index >= 15 is 0 Å². The Kier molecular flexibility index (Phi) is 3.48. The molecular weight excluding hydrogens is 404 g/mol. The molecule has 1 spiro atoms. The Labute approximate surface area is 190 Å². The first-order valence-electron chi connectivity index (χ1n) is 12.5. The van der Waals surface area contributed by atoms with Crippen molar-refractivity contribution in [1.29, 1.82) is 0 Å². The van der Waals surface area contributed by atoms with Crippen molar-refractivity contribution in [3.63, 3.8) is 0 Å². The van der Waals surface area contributed by atoms with E-state index < -0.39 is 0 Å². The Morgan fingerprint density at radius 1 is 1.03 bits per heavy atom. The summed E-state index contributed by atoms with van der Waals surface area (Å²) in [5.74, 6) is 2.75. The summed E-state index contributed by atoms with van der Waals surface area (Å²) in [5.41, 5.74) is 0.225. The van der Waals surface area contributed by atoms with Gasteiger partial charge in [-0.1, -0.05) is 13.3 Å². The lowest BCUT2D eigenvalue weighted by molar-refractivity contribution is -0.257. The van der Waals surface area contributed by atoms with E-state index in [9.17, 15) is 4.79 Å². The van der Waals surface area contributed by atoms with Crippen LogP contribution in [0, 0.1) is 28.1 Å². The molecule has 3 aliphatic carbocycles. The standard InChI is InChI=1S/C27H34O5/c1-23-10-5-11-26(15-30-22(23)28)19(23)8-12-24(2)20(26)9-13-25(3)27(24)21(32-27)17-14-16(29-4)6-7-18(17)31-25/h6-7,14,19-21H,5,8-13,15H2,1-4H3/t19-,20-,21?,23-,24+,25-,26+,27+/m0/s1. The molecule has 172 valence electrons. The van der Waals surface area contributed by atoms with E-state index in [2.05, 4.69) is 26.8 Å². The van der Waals surface area contributed by atoms with Gasteiger partial charge in [-0.15, -0.1) is 0 Å². The van der Waals surface area contributed by atoms with Crippen molar-refractivity contribution in [3.05, 3.63) is 23.8 Å². The van der Waals surface area contributed by atoms with Crippen LogP contribution in [0.1, 0.15) is 77.4 Å². The van der Waals surface area contributed by atoms with Crippen molar-refractivity contribution in [3.8, 4) is 11.5 Å². The van der Waals surface area contributed by atoms with Crippen molar-refractivity contribution >= 4 is 5.97 Å². The minimum absolute atomic E-state index is 0.00999. The summed E-state index contributed by atoms with van der Waals surface area (Å²) in [5, 5.41) is 0. The highest BCUT2D eigenvalue weighted by molar-refractivity contribution is 5.78. The second kappa shape index (κ2) is 5.65. The number of hydrogen-bond donors (Lipinski definition) is 0. The Balaban J connectivity index is 1.36. The second-order valence-corrected chi connectivity index (χ2v) is 12.2. The molecule has 5 heteroatoms. The fraction of sp³-hybridized carbons (Fsp3) is 0.741. The van der Waals surface area contributed by atoms with Crippen molar-refractivity contribution < 1.29 is 23.7 Å². The first kappa shape index (κ1) is 19.7. The predicted molar refractivity (Wildman–Crippen MR) is 117 cm³/mol. The van der Waals surface area contributed by atoms with Gasteiger partial charge in [0.05, 0.1) is 19.1 Å². The summed E-state index contributed by atoms with van der Waals surface area (Å²) >= 11 is 0. The second-order valence-electron chi connectivity index (χ2n) is 12.2. The Hall–Kier alpha value is -1.75. The molecule has 6 aliphatic rings. The monoisotopic (exact) mass is 438 g/mol. The molecule has 0 N–H and O–H groups in total. The summed E-state index contributed by atoms with van der Waals surface area (Å²) in [6.45, 7) is 7.52. The highest BCUT2D eigenvalue weighted by Crippen LogP contribution is 2.80. The van der Waals surface area contributed by atoms with Crippen molar-refractivity contribution in [1.82, 2.24) is 0 Å². The van der Waals surface area contributed by atoms with Gasteiger partial charge in [-0.25, -0.2) is 0 Å². The zero-order valence-electron chi connectivity index (χ0n) is 19.7. The van der Waals surface area contributed by atoms with Gasteiger partial charge in [-0.05, 0) is 82.4 Å². The number of hydrogen-bond acceptors (Lipinski definition) is 5. The summed E-state index contributed by atoms with van der Waals surface area (Å²) in [6.07, 6.45) is 7.57. The van der Waals surface area contributed by atoms with Gasteiger partial charge in [0.2, 0.25) is 0 Å². The molecular formula is C27H34O5. The number of methoxy groups -OCH3 is 1. The van der Waals surface area contributed by atoms with Crippen molar-refractivity contribution in [2.45, 2.75) is 83.0 Å². The molecule has 2 saturated heterocycles. The van der Waals surface area contributed by atoms with Gasteiger partial charge in [0.15, 0.2) is 0 Å². The molecule has 3 saturated carbocycles. The fourth-order valence-corrected chi connectivity index (χ4v) is 9.78. The molecule has 1 unspecified atom stereocenters. The molecule has 1 aromatic rings. The zero-order valence-corrected chi connectivity index (χ0v) is 19.7. The molecule has 3 aliphatic heterocycles. The van der Waals surface area contributed by atoms with Crippen LogP contribution < -0.4 is 9.47 Å². The van der Waals surface area contributed by atoms with Gasteiger partial charge in [0, 0.05) is 16.4 Å². The Bertz CT molecular complexity index is 1040. The summed E-state index contributed by atoms with van der Waals surface area (Å²) in [6, 6.07) is 6.13. The highest BCUT2D eigenvalue weighted by Gasteiger charge is 2.84. The summed E-state index contributed by atoms with van der Waals surface area (Å²) in [4.78, 5) is 12.9. The van der Waals surface area contributed by atoms with Crippen molar-refractivity contribution in [2.24, 2.45) is 28.1 Å². The van der Waals surface area contributed by atoms with Crippen LogP contribution in [-0.4, -0.2) is 30.9 Å². The molecule has 32 heavy (non-hydrogen) atoms. The molecule has 5 nitrogen and oxygen atoms in total. The lowest BCUT2D eigenvalue weighted by Gasteiger charge is -2.69. The maximum Gasteiger partial charge on any atom is 0.312 e. The quantitative estimate of drug-likeness (QED) is 0.445. The molecule has 0 aromatic heterocycles. The smallest absolute Gasteiger partial charge is 0.312 e. The average Bonchev–Trinajstić information content (AvgIpc) is 3.54. The summed E-state index contributed by atoms with van der Waals surface area (Å²) in [7, 11) is 1.71. The topological polar surface area (TPSA) is 57.3 Å². The minimum atomic E-state index is -0.336. The molecule has 7 rings (SSSR count). The maximum absolute atomic E-state index is 12.9. The zero-order chi connectivity index (χ0) is 22.1. The molecule has 5 fully saturated rings. The number of rotatable bonds is 1. The first-order chi connectivity index (χ1) is 15.2. The van der Waals surface area contributed by atoms with Crippen LogP contribution in [0.25, 0.3) is 0 Å². The molecule has 8 atom stereocenters. The van der Waals surface area contributed by atoms with E-state index in [-0.39, 0.29) is 39.5 Å². The number of carbonyl (C=O) groups excluding carboxylic acids is 1. The fourth-order valence-electron chi connectivity index (χ4n) is 9.78. The van der Waals surface area contributed by atoms with Gasteiger partial charge >= 0.3 is 5.97 Å². The van der Waals surface area contributed by atoms with Crippen LogP contribution in [0.2, 0.25) is 0 Å². The lowest BCUT2D eigenvalue weighted by atomic mass is 9.36. The Morgan fingerprint density at radius 3 is 2.66 bits per heavy atom. The van der Waals surface area contributed by atoms with E-state index in [1.54, 1.807) is 7.11 Å². The SMILES string of the molecule is COc1ccc2c(c1)C1O[C@]13[C@](C)(CC[C@@H]1[C@]45CCC[C@](C)(C(=O)OC4)[C@@H]5CC[C@]13C)O2. The van der Waals surface area contributed by atoms with Gasteiger partial charge in [-0.2, -0.15) is 0 Å². The van der Waals surface area contributed by atoms with Crippen LogP contribution in [-0.2, 0) is 14.3 Å². The van der Waals surface area contributed by atoms with Crippen molar-refractivity contribution in [2.75, 3.05) is 13.7 Å². The minimum Gasteiger partial charge on any atom is -0.497 e. The maximum atomic E-state index is 12.9. The van der Waals surface area contributed by atoms with Crippen LogP contribution in [0.15, 0.2) is 18.2 Å². The van der Waals surface area contributed by atoms with Gasteiger partial charge < -0.3 is 18.9 Å². The number of epoxide rings is 1. The first-order valence-corrected chi connectivity index (χ1v) is 12.5. The molecule has 0 radical (unpaired) electrons. The highest BCUT2D eigenvalue weighted by atomic mass is 16.7. The molecule has 2 bridgehead atoms. The number of esters is 1. The van der Waals surface area contributed by atoms with Crippen LogP contribution in [0.3, 0.4) is 0 Å². The predicted octanol–water partition coefficient (Wildman–Crippen LogP) is 5.22. The molecule has 0 amide bonds. The number of cyclic esters (lactones) is 1. The largest absolute Gasteiger partial charge is 0.497 e. The number of carbonyl (C=O) groups is 1. The van der Waals surface area contributed by atoms with Crippen LogP contribution in [0.5, 0.6) is 11.5 Å². The van der Waals surface area contributed by atoms with E-state index in [0.717, 1.165) is 55.6 Å². The average molecular weight is 439 g/mol. The van der Waals surface area contributed by atoms with Crippen LogP contribution in [0.4, 0.5) is 0 Å². The van der Waals surface area contributed by atoms with E-state index in [1.807, 2.05) is 12.1 Å². The number of ether oxygens (including phenoxy) is 4. The van der Waals surface area contributed by atoms with Gasteiger partial charge in [0.25, 0.3) is 0 Å². The van der Waals surface area contributed by atoms with Gasteiger partial charge in [0.1, 0.15) is 28.8 Å². The van der Waals surface area contributed by atoms with E-state index in [0.29, 0.717) is 18.4 Å². The third kappa shape index (κ3) is 1.89. The number of benzene rings is 1. The normalized spacial score (nSPS) is 52.1. The lowest BCUT2D eigenvalue weighted by Crippen LogP contribution is -2.72. The third-order valence-electron chi connectivity index (χ3n) is 11.1. The summed E-state index contributed by atoms with van der Waals surface area (Å²) < 4.78 is 25.1. The van der Waals surface area contributed by atoms with E-state index in [4.69, 9.17) is 18.9 Å².